The van der Waals surface area contributed by atoms with Gasteiger partial charge in [0.2, 0.25) is 0 Å². The van der Waals surface area contributed by atoms with Crippen LogP contribution in [0.15, 0.2) is 47.1 Å². The molecule has 0 aliphatic carbocycles. The topological polar surface area (TPSA) is 66.0 Å². The summed E-state index contributed by atoms with van der Waals surface area (Å²) in [5.41, 5.74) is 1.05. The van der Waals surface area contributed by atoms with Crippen molar-refractivity contribution in [1.82, 2.24) is 5.32 Å². The van der Waals surface area contributed by atoms with E-state index in [0.29, 0.717) is 16.9 Å². The lowest BCUT2D eigenvalue weighted by Gasteiger charge is -2.11. The SMILES string of the molecule is CC(NC(=O)c1ccc(C#N)cc1)c1ccco1. The summed E-state index contributed by atoms with van der Waals surface area (Å²) in [6.45, 7) is 1.85. The Kier molecular flexibility index (Phi) is 3.44. The van der Waals surface area contributed by atoms with E-state index in [0.717, 1.165) is 0 Å². The number of nitrogens with zero attached hydrogens (tertiary/aromatic N) is 1. The third kappa shape index (κ3) is 2.58. The van der Waals surface area contributed by atoms with Gasteiger partial charge in [0.25, 0.3) is 5.91 Å². The molecule has 0 saturated carbocycles. The van der Waals surface area contributed by atoms with E-state index in [1.165, 1.54) is 0 Å². The quantitative estimate of drug-likeness (QED) is 0.896. The molecular weight excluding hydrogens is 228 g/mol. The first-order valence-electron chi connectivity index (χ1n) is 5.55. The number of nitriles is 1. The fourth-order valence-electron chi connectivity index (χ4n) is 1.58. The Morgan fingerprint density at radius 2 is 2.06 bits per heavy atom. The third-order valence-electron chi connectivity index (χ3n) is 2.59. The number of hydrogen-bond donors (Lipinski definition) is 1. The Morgan fingerprint density at radius 1 is 1.33 bits per heavy atom. The Morgan fingerprint density at radius 3 is 2.61 bits per heavy atom. The molecule has 0 bridgehead atoms. The highest BCUT2D eigenvalue weighted by Gasteiger charge is 2.12. The molecule has 0 fully saturated rings. The number of carbonyl (C=O) groups is 1. The lowest BCUT2D eigenvalue weighted by molar-refractivity contribution is 0.0935. The Bertz CT molecular complexity index is 565. The second kappa shape index (κ2) is 5.19. The van der Waals surface area contributed by atoms with Gasteiger partial charge in [0.05, 0.1) is 23.9 Å². The number of rotatable bonds is 3. The van der Waals surface area contributed by atoms with Gasteiger partial charge in [0.1, 0.15) is 5.76 Å². The van der Waals surface area contributed by atoms with Crippen LogP contribution in [0.5, 0.6) is 0 Å². The maximum Gasteiger partial charge on any atom is 0.251 e. The van der Waals surface area contributed by atoms with Crippen molar-refractivity contribution in [3.63, 3.8) is 0 Å². The molecule has 0 aliphatic heterocycles. The maximum absolute atomic E-state index is 11.9. The third-order valence-corrected chi connectivity index (χ3v) is 2.59. The van der Waals surface area contributed by atoms with E-state index < -0.39 is 0 Å². The minimum atomic E-state index is -0.192. The summed E-state index contributed by atoms with van der Waals surface area (Å²) >= 11 is 0. The van der Waals surface area contributed by atoms with Gasteiger partial charge in [-0.15, -0.1) is 0 Å². The minimum Gasteiger partial charge on any atom is -0.467 e. The van der Waals surface area contributed by atoms with Gasteiger partial charge in [0.15, 0.2) is 0 Å². The normalized spacial score (nSPS) is 11.6. The molecule has 2 rings (SSSR count). The summed E-state index contributed by atoms with van der Waals surface area (Å²) in [6.07, 6.45) is 1.57. The molecule has 1 heterocycles. The van der Waals surface area contributed by atoms with Crippen LogP contribution in [-0.4, -0.2) is 5.91 Å². The molecular formula is C14H12N2O2. The number of nitrogens with one attached hydrogen (secondary N) is 1. The van der Waals surface area contributed by atoms with E-state index in [2.05, 4.69) is 5.32 Å². The van der Waals surface area contributed by atoms with Crippen LogP contribution >= 0.6 is 0 Å². The van der Waals surface area contributed by atoms with E-state index in [9.17, 15) is 4.79 Å². The number of hydrogen-bond acceptors (Lipinski definition) is 3. The van der Waals surface area contributed by atoms with Gasteiger partial charge < -0.3 is 9.73 Å². The van der Waals surface area contributed by atoms with Crippen LogP contribution < -0.4 is 5.32 Å². The monoisotopic (exact) mass is 240 g/mol. The predicted octanol–water partition coefficient (Wildman–Crippen LogP) is 2.64. The molecule has 4 nitrogen and oxygen atoms in total. The summed E-state index contributed by atoms with van der Waals surface area (Å²) in [5.74, 6) is 0.514. The summed E-state index contributed by atoms with van der Waals surface area (Å²) in [5, 5.41) is 11.5. The molecule has 90 valence electrons. The van der Waals surface area contributed by atoms with E-state index in [1.807, 2.05) is 19.1 Å². The molecule has 1 atom stereocenters. The van der Waals surface area contributed by atoms with Crippen molar-refractivity contribution in [1.29, 1.82) is 5.26 Å². The van der Waals surface area contributed by atoms with Crippen LogP contribution in [0.3, 0.4) is 0 Å². The Hall–Kier alpha value is -2.54. The highest BCUT2D eigenvalue weighted by molar-refractivity contribution is 5.94. The smallest absolute Gasteiger partial charge is 0.251 e. The number of benzene rings is 1. The number of carbonyl (C=O) groups excluding carboxylic acids is 1. The summed E-state index contributed by atoms with van der Waals surface area (Å²) < 4.78 is 5.21. The summed E-state index contributed by atoms with van der Waals surface area (Å²) in [4.78, 5) is 11.9. The standard InChI is InChI=1S/C14H12N2O2/c1-10(13-3-2-8-18-13)16-14(17)12-6-4-11(9-15)5-7-12/h2-8,10H,1H3,(H,16,17). The van der Waals surface area contributed by atoms with Crippen molar-refractivity contribution in [2.45, 2.75) is 13.0 Å². The van der Waals surface area contributed by atoms with Crippen LogP contribution in [0.4, 0.5) is 0 Å². The fourth-order valence-corrected chi connectivity index (χ4v) is 1.58. The van der Waals surface area contributed by atoms with Gasteiger partial charge in [-0.2, -0.15) is 5.26 Å². The van der Waals surface area contributed by atoms with Gasteiger partial charge in [-0.05, 0) is 43.3 Å². The Balaban J connectivity index is 2.05. The molecule has 2 aromatic rings. The molecule has 1 unspecified atom stereocenters. The number of furan rings is 1. The van der Waals surface area contributed by atoms with Crippen molar-refractivity contribution in [3.8, 4) is 6.07 Å². The Labute approximate surface area is 105 Å². The van der Waals surface area contributed by atoms with Crippen LogP contribution in [0.2, 0.25) is 0 Å². The first kappa shape index (κ1) is 11.9. The summed E-state index contributed by atoms with van der Waals surface area (Å²) in [7, 11) is 0. The predicted molar refractivity (Wildman–Crippen MR) is 65.7 cm³/mol. The molecule has 0 radical (unpaired) electrons. The molecule has 1 amide bonds. The van der Waals surface area contributed by atoms with Crippen LogP contribution in [0.1, 0.15) is 34.6 Å². The average Bonchev–Trinajstić information content (AvgIpc) is 2.92. The van der Waals surface area contributed by atoms with Gasteiger partial charge >= 0.3 is 0 Å². The van der Waals surface area contributed by atoms with Crippen molar-refractivity contribution in [2.75, 3.05) is 0 Å². The molecule has 0 spiro atoms. The van der Waals surface area contributed by atoms with Crippen molar-refractivity contribution in [2.24, 2.45) is 0 Å². The second-order valence-corrected chi connectivity index (χ2v) is 3.90. The van der Waals surface area contributed by atoms with E-state index >= 15 is 0 Å². The van der Waals surface area contributed by atoms with Crippen LogP contribution in [-0.2, 0) is 0 Å². The van der Waals surface area contributed by atoms with E-state index in [4.69, 9.17) is 9.68 Å². The molecule has 1 aromatic heterocycles. The van der Waals surface area contributed by atoms with Gasteiger partial charge in [0, 0.05) is 5.56 Å². The van der Waals surface area contributed by atoms with Gasteiger partial charge in [-0.3, -0.25) is 4.79 Å². The molecule has 1 aromatic carbocycles. The average molecular weight is 240 g/mol. The minimum absolute atomic E-state index is 0.191. The molecule has 0 aliphatic rings. The van der Waals surface area contributed by atoms with Gasteiger partial charge in [-0.25, -0.2) is 0 Å². The van der Waals surface area contributed by atoms with E-state index in [-0.39, 0.29) is 11.9 Å². The molecule has 0 saturated heterocycles. The van der Waals surface area contributed by atoms with Crippen molar-refractivity contribution < 1.29 is 9.21 Å². The highest BCUT2D eigenvalue weighted by atomic mass is 16.3. The van der Waals surface area contributed by atoms with Crippen molar-refractivity contribution in [3.05, 3.63) is 59.5 Å². The molecule has 1 N–H and O–H groups in total. The maximum atomic E-state index is 11.9. The van der Waals surface area contributed by atoms with Gasteiger partial charge in [-0.1, -0.05) is 0 Å². The fraction of sp³-hybridized carbons (Fsp3) is 0.143. The molecule has 4 heteroatoms. The van der Waals surface area contributed by atoms with Crippen LogP contribution in [0.25, 0.3) is 0 Å². The largest absolute Gasteiger partial charge is 0.467 e. The highest BCUT2D eigenvalue weighted by Crippen LogP contribution is 2.13. The molecule has 18 heavy (non-hydrogen) atoms. The first-order valence-corrected chi connectivity index (χ1v) is 5.55. The number of amides is 1. The summed E-state index contributed by atoms with van der Waals surface area (Å²) in [6, 6.07) is 11.9. The van der Waals surface area contributed by atoms with E-state index in [1.54, 1.807) is 36.6 Å². The second-order valence-electron chi connectivity index (χ2n) is 3.90. The zero-order chi connectivity index (χ0) is 13.0. The lowest BCUT2D eigenvalue weighted by Crippen LogP contribution is -2.26. The zero-order valence-electron chi connectivity index (χ0n) is 9.88. The van der Waals surface area contributed by atoms with Crippen LogP contribution in [0, 0.1) is 11.3 Å². The lowest BCUT2D eigenvalue weighted by atomic mass is 10.1. The van der Waals surface area contributed by atoms with Crippen molar-refractivity contribution >= 4 is 5.91 Å². The first-order chi connectivity index (χ1) is 8.70. The zero-order valence-corrected chi connectivity index (χ0v) is 9.88.